The van der Waals surface area contributed by atoms with Crippen molar-refractivity contribution in [3.8, 4) is 0 Å². The van der Waals surface area contributed by atoms with Crippen molar-refractivity contribution in [3.63, 3.8) is 0 Å². The molecule has 0 fully saturated rings. The molecule has 8 heavy (non-hydrogen) atoms. The average molecular weight is 182 g/mol. The van der Waals surface area contributed by atoms with Crippen molar-refractivity contribution in [2.45, 2.75) is 0 Å². The Kier molecular flexibility index (Phi) is 6.17. The quantitative estimate of drug-likeness (QED) is 0.407. The fraction of sp³-hybridized carbons (Fsp3) is 1.00. The minimum atomic E-state index is 0. The summed E-state index contributed by atoms with van der Waals surface area (Å²) in [4.78, 5) is 0. The SMILES string of the molecule is C[N+](C)(C)CCO.[AsH3]. The molecule has 0 rings (SSSR count). The zero-order valence-corrected chi connectivity index (χ0v) is 8.98. The van der Waals surface area contributed by atoms with Crippen LogP contribution in [0.25, 0.3) is 0 Å². The molecule has 0 bridgehead atoms. The van der Waals surface area contributed by atoms with Crippen LogP contribution < -0.4 is 0 Å². The molecule has 0 spiro atoms. The first kappa shape index (κ1) is 11.3. The number of nitrogens with zero attached hydrogens (tertiary/aromatic N) is 1. The van der Waals surface area contributed by atoms with E-state index in [1.54, 1.807) is 0 Å². The fourth-order valence-electron chi connectivity index (χ4n) is 0.300. The van der Waals surface area contributed by atoms with Crippen molar-refractivity contribution in [2.75, 3.05) is 34.3 Å². The molecule has 1 unspecified atom stereocenters. The summed E-state index contributed by atoms with van der Waals surface area (Å²) >= 11 is 0. The van der Waals surface area contributed by atoms with Crippen LogP contribution in [0.5, 0.6) is 0 Å². The third-order valence-electron chi connectivity index (χ3n) is 0.771. The number of aliphatic hydroxyl groups is 1. The van der Waals surface area contributed by atoms with Crippen molar-refractivity contribution < 1.29 is 9.59 Å². The molecule has 3 heteroatoms. The van der Waals surface area contributed by atoms with Crippen LogP contribution in [-0.4, -0.2) is 61.8 Å². The topological polar surface area (TPSA) is 20.2 Å². The molecule has 0 saturated heterocycles. The maximum absolute atomic E-state index is 8.39. The Labute approximate surface area is 62.4 Å². The Morgan fingerprint density at radius 3 is 1.62 bits per heavy atom. The molecule has 0 aromatic rings. The van der Waals surface area contributed by atoms with E-state index in [0.717, 1.165) is 11.0 Å². The average Bonchev–Trinajstić information content (AvgIpc) is 1.30. The molecule has 0 heterocycles. The molecule has 1 atom stereocenters. The van der Waals surface area contributed by atoms with Gasteiger partial charge < -0.3 is 9.59 Å². The third-order valence-corrected chi connectivity index (χ3v) is 0.771. The van der Waals surface area contributed by atoms with Gasteiger partial charge in [-0.25, -0.2) is 0 Å². The monoisotopic (exact) mass is 182 g/mol. The molecule has 0 aromatic carbocycles. The zero-order valence-electron chi connectivity index (χ0n) is 6.02. The van der Waals surface area contributed by atoms with Crippen LogP contribution in [0.15, 0.2) is 0 Å². The van der Waals surface area contributed by atoms with Crippen LogP contribution in [0.1, 0.15) is 0 Å². The summed E-state index contributed by atoms with van der Waals surface area (Å²) in [5.74, 6) is 0. The number of quaternary nitrogens is 1. The molecule has 1 N–H and O–H groups in total. The van der Waals surface area contributed by atoms with Crippen LogP contribution in [0.2, 0.25) is 0 Å². The molecular formula is C5H17AsNO+. The summed E-state index contributed by atoms with van der Waals surface area (Å²) in [6, 6.07) is 0. The number of aliphatic hydroxyl groups excluding tert-OH is 1. The summed E-state index contributed by atoms with van der Waals surface area (Å²) in [6.07, 6.45) is 0. The second-order valence-corrected chi connectivity index (χ2v) is 2.74. The van der Waals surface area contributed by atoms with Gasteiger partial charge in [0.2, 0.25) is 0 Å². The van der Waals surface area contributed by atoms with Crippen molar-refractivity contribution >= 4 is 18.0 Å². The van der Waals surface area contributed by atoms with Crippen molar-refractivity contribution in [1.29, 1.82) is 0 Å². The van der Waals surface area contributed by atoms with E-state index >= 15 is 0 Å². The molecule has 0 radical (unpaired) electrons. The van der Waals surface area contributed by atoms with Gasteiger partial charge in [0, 0.05) is 0 Å². The van der Waals surface area contributed by atoms with E-state index in [9.17, 15) is 0 Å². The molecule has 0 aliphatic carbocycles. The van der Waals surface area contributed by atoms with E-state index in [-0.39, 0.29) is 24.6 Å². The van der Waals surface area contributed by atoms with Gasteiger partial charge >= 0.3 is 18.0 Å². The number of hydrogen-bond acceptors (Lipinski definition) is 1. The normalized spacial score (nSPS) is 10.5. The van der Waals surface area contributed by atoms with E-state index in [4.69, 9.17) is 5.11 Å². The molecule has 0 amide bonds. The van der Waals surface area contributed by atoms with Crippen LogP contribution in [-0.2, 0) is 0 Å². The predicted octanol–water partition coefficient (Wildman–Crippen LogP) is -1.50. The first-order chi connectivity index (χ1) is 3.06. The van der Waals surface area contributed by atoms with Gasteiger partial charge in [-0.1, -0.05) is 0 Å². The number of rotatable bonds is 2. The van der Waals surface area contributed by atoms with Crippen molar-refractivity contribution in [1.82, 2.24) is 0 Å². The Bertz CT molecular complexity index is 50.9. The summed E-state index contributed by atoms with van der Waals surface area (Å²) in [7, 11) is 6.16. The molecule has 2 nitrogen and oxygen atoms in total. The van der Waals surface area contributed by atoms with Crippen LogP contribution in [0.4, 0.5) is 0 Å². The van der Waals surface area contributed by atoms with Gasteiger partial charge in [0.25, 0.3) is 0 Å². The second kappa shape index (κ2) is 4.37. The van der Waals surface area contributed by atoms with E-state index in [1.807, 2.05) is 0 Å². The van der Waals surface area contributed by atoms with Gasteiger partial charge in [-0.05, 0) is 0 Å². The van der Waals surface area contributed by atoms with Crippen molar-refractivity contribution in [3.05, 3.63) is 0 Å². The maximum atomic E-state index is 8.39. The molecule has 0 saturated carbocycles. The third kappa shape index (κ3) is 9.69. The second-order valence-electron chi connectivity index (χ2n) is 2.74. The Morgan fingerprint density at radius 1 is 1.25 bits per heavy atom. The van der Waals surface area contributed by atoms with Gasteiger partial charge in [-0.15, -0.1) is 0 Å². The summed E-state index contributed by atoms with van der Waals surface area (Å²) in [5.41, 5.74) is 0. The summed E-state index contributed by atoms with van der Waals surface area (Å²) in [6.45, 7) is 1.11. The zero-order chi connectivity index (χ0) is 5.91. The molecule has 0 aliphatic rings. The van der Waals surface area contributed by atoms with E-state index in [0.29, 0.717) is 0 Å². The van der Waals surface area contributed by atoms with Gasteiger partial charge in [-0.3, -0.25) is 0 Å². The van der Waals surface area contributed by atoms with E-state index in [2.05, 4.69) is 21.1 Å². The standard InChI is InChI=1S/C5H14NO.AsH3/c1-6(2,3)4-5-7;/h7H,4-5H2,1-3H3;1H3/q+1;. The predicted molar refractivity (Wildman–Crippen MR) is 39.9 cm³/mol. The first-order valence-electron chi connectivity index (χ1n) is 2.47. The number of hydrogen-bond donors (Lipinski definition) is 1. The first-order valence-corrected chi connectivity index (χ1v) is 2.47. The fourth-order valence-corrected chi connectivity index (χ4v) is 0.300. The van der Waals surface area contributed by atoms with Crippen LogP contribution >= 0.6 is 0 Å². The van der Waals surface area contributed by atoms with Gasteiger partial charge in [0.15, 0.2) is 0 Å². The molecular weight excluding hydrogens is 165 g/mol. The van der Waals surface area contributed by atoms with E-state index < -0.39 is 0 Å². The van der Waals surface area contributed by atoms with Gasteiger partial charge in [0.1, 0.15) is 6.54 Å². The van der Waals surface area contributed by atoms with E-state index in [1.165, 1.54) is 0 Å². The molecule has 52 valence electrons. The Hall–Kier alpha value is 0.478. The number of likely N-dealkylation sites (N-methyl/N-ethyl adjacent to an activating group) is 1. The molecule has 0 aliphatic heterocycles. The summed E-state index contributed by atoms with van der Waals surface area (Å²) in [5, 5.41) is 8.39. The minimum absolute atomic E-state index is 0. The summed E-state index contributed by atoms with van der Waals surface area (Å²) < 4.78 is 0.844. The van der Waals surface area contributed by atoms with Crippen LogP contribution in [0.3, 0.4) is 0 Å². The van der Waals surface area contributed by atoms with Gasteiger partial charge in [-0.2, -0.15) is 0 Å². The Balaban J connectivity index is 0. The van der Waals surface area contributed by atoms with Gasteiger partial charge in [0.05, 0.1) is 27.7 Å². The van der Waals surface area contributed by atoms with Crippen LogP contribution in [0, 0.1) is 0 Å². The van der Waals surface area contributed by atoms with Crippen molar-refractivity contribution in [2.24, 2.45) is 0 Å². The Morgan fingerprint density at radius 2 is 1.62 bits per heavy atom. The molecule has 0 aromatic heterocycles.